The summed E-state index contributed by atoms with van der Waals surface area (Å²) in [5, 5.41) is 0. The van der Waals surface area contributed by atoms with Crippen molar-refractivity contribution < 1.29 is 13.9 Å². The molecule has 4 heteroatoms. The molecular weight excluding hydrogens is 185 g/mol. The summed E-state index contributed by atoms with van der Waals surface area (Å²) in [5.74, 6) is -0.882. The van der Waals surface area contributed by atoms with Gasteiger partial charge in [-0.1, -0.05) is 0 Å². The molecule has 0 saturated carbocycles. The predicted octanol–water partition coefficient (Wildman–Crippen LogP) is 1.80. The summed E-state index contributed by atoms with van der Waals surface area (Å²) in [4.78, 5) is 14.5. The lowest BCUT2D eigenvalue weighted by atomic mass is 10.2. The van der Waals surface area contributed by atoms with Crippen LogP contribution in [-0.2, 0) is 9.53 Å². The minimum absolute atomic E-state index is 0.324. The fourth-order valence-corrected chi connectivity index (χ4v) is 0.874. The van der Waals surface area contributed by atoms with Gasteiger partial charge in [-0.05, 0) is 24.6 Å². The first-order valence-corrected chi connectivity index (χ1v) is 4.17. The maximum atomic E-state index is 12.6. The van der Waals surface area contributed by atoms with Crippen molar-refractivity contribution in [2.45, 2.75) is 6.92 Å². The Kier molecular flexibility index (Phi) is 3.79. The molecule has 0 aromatic carbocycles. The van der Waals surface area contributed by atoms with E-state index in [1.807, 2.05) is 0 Å². The lowest BCUT2D eigenvalue weighted by Gasteiger charge is -1.95. The number of esters is 1. The Morgan fingerprint density at radius 1 is 1.64 bits per heavy atom. The Morgan fingerprint density at radius 3 is 3.07 bits per heavy atom. The van der Waals surface area contributed by atoms with Crippen molar-refractivity contribution in [1.29, 1.82) is 0 Å². The molecular formula is C10H10FNO2. The highest BCUT2D eigenvalue weighted by Crippen LogP contribution is 2.02. The molecule has 1 heterocycles. The Hall–Kier alpha value is -1.71. The van der Waals surface area contributed by atoms with Crippen LogP contribution in [0.4, 0.5) is 4.39 Å². The highest BCUT2D eigenvalue weighted by Gasteiger charge is 1.95. The summed E-state index contributed by atoms with van der Waals surface area (Å²) >= 11 is 0. The lowest BCUT2D eigenvalue weighted by molar-refractivity contribution is -0.137. The summed E-state index contributed by atoms with van der Waals surface area (Å²) in [6, 6.07) is 1.28. The Labute approximate surface area is 81.2 Å². The molecule has 0 fully saturated rings. The first-order chi connectivity index (χ1) is 6.72. The number of nitrogens with zero attached hydrogens (tertiary/aromatic N) is 1. The topological polar surface area (TPSA) is 39.2 Å². The normalized spacial score (nSPS) is 10.4. The van der Waals surface area contributed by atoms with Gasteiger partial charge in [0.25, 0.3) is 0 Å². The molecule has 3 nitrogen and oxygen atoms in total. The zero-order valence-electron chi connectivity index (χ0n) is 7.74. The van der Waals surface area contributed by atoms with Crippen LogP contribution in [-0.4, -0.2) is 17.6 Å². The van der Waals surface area contributed by atoms with Crippen LogP contribution >= 0.6 is 0 Å². The van der Waals surface area contributed by atoms with Gasteiger partial charge in [-0.3, -0.25) is 4.98 Å². The number of hydrogen-bond acceptors (Lipinski definition) is 3. The fourth-order valence-electron chi connectivity index (χ4n) is 0.874. The third-order valence-electron chi connectivity index (χ3n) is 1.42. The third-order valence-corrected chi connectivity index (χ3v) is 1.42. The van der Waals surface area contributed by atoms with E-state index in [-0.39, 0.29) is 0 Å². The van der Waals surface area contributed by atoms with Gasteiger partial charge in [-0.15, -0.1) is 0 Å². The summed E-state index contributed by atoms with van der Waals surface area (Å²) in [5.41, 5.74) is 0.526. The van der Waals surface area contributed by atoms with Crippen molar-refractivity contribution in [3.8, 4) is 0 Å². The number of carbonyl (C=O) groups excluding carboxylic acids is 1. The molecule has 0 saturated heterocycles. The standard InChI is InChI=1S/C10H10FNO2/c1-2-14-10(13)4-3-8-5-9(11)7-12-6-8/h3-7H,2H2,1H3. The quantitative estimate of drug-likeness (QED) is 0.545. The Morgan fingerprint density at radius 2 is 2.43 bits per heavy atom. The van der Waals surface area contributed by atoms with Crippen LogP contribution in [0.15, 0.2) is 24.5 Å². The first kappa shape index (κ1) is 10.4. The van der Waals surface area contributed by atoms with E-state index in [1.165, 1.54) is 24.4 Å². The van der Waals surface area contributed by atoms with Crippen molar-refractivity contribution in [1.82, 2.24) is 4.98 Å². The molecule has 0 bridgehead atoms. The molecule has 74 valence electrons. The van der Waals surface area contributed by atoms with Gasteiger partial charge in [0.2, 0.25) is 0 Å². The zero-order chi connectivity index (χ0) is 10.4. The van der Waals surface area contributed by atoms with Gasteiger partial charge in [0.15, 0.2) is 0 Å². The number of rotatable bonds is 3. The van der Waals surface area contributed by atoms with Gasteiger partial charge in [0, 0.05) is 12.3 Å². The van der Waals surface area contributed by atoms with Crippen LogP contribution in [0.3, 0.4) is 0 Å². The van der Waals surface area contributed by atoms with E-state index in [2.05, 4.69) is 9.72 Å². The van der Waals surface area contributed by atoms with Crippen molar-refractivity contribution in [2.24, 2.45) is 0 Å². The number of hydrogen-bond donors (Lipinski definition) is 0. The van der Waals surface area contributed by atoms with Crippen LogP contribution in [0.2, 0.25) is 0 Å². The van der Waals surface area contributed by atoms with Gasteiger partial charge in [0.1, 0.15) is 5.82 Å². The summed E-state index contributed by atoms with van der Waals surface area (Å²) in [6.45, 7) is 2.04. The zero-order valence-corrected chi connectivity index (χ0v) is 7.74. The number of pyridine rings is 1. The second kappa shape index (κ2) is 5.11. The molecule has 0 N–H and O–H groups in total. The van der Waals surface area contributed by atoms with E-state index < -0.39 is 11.8 Å². The SMILES string of the molecule is CCOC(=O)C=Cc1cncc(F)c1. The van der Waals surface area contributed by atoms with Crippen LogP contribution in [0, 0.1) is 5.82 Å². The van der Waals surface area contributed by atoms with Crippen molar-refractivity contribution in [2.75, 3.05) is 6.61 Å². The van der Waals surface area contributed by atoms with E-state index in [4.69, 9.17) is 0 Å². The summed E-state index contributed by atoms with van der Waals surface area (Å²) in [6.07, 6.45) is 5.24. The average Bonchev–Trinajstić information content (AvgIpc) is 2.15. The smallest absolute Gasteiger partial charge is 0.330 e. The van der Waals surface area contributed by atoms with Gasteiger partial charge in [-0.25, -0.2) is 9.18 Å². The lowest BCUT2D eigenvalue weighted by Crippen LogP contribution is -1.98. The maximum absolute atomic E-state index is 12.6. The molecule has 0 radical (unpaired) electrons. The first-order valence-electron chi connectivity index (χ1n) is 4.17. The Bertz CT molecular complexity index is 350. The molecule has 0 amide bonds. The van der Waals surface area contributed by atoms with Crippen LogP contribution in [0.5, 0.6) is 0 Å². The second-order valence-electron chi connectivity index (χ2n) is 2.52. The van der Waals surface area contributed by atoms with Crippen molar-refractivity contribution >= 4 is 12.0 Å². The number of aromatic nitrogens is 1. The van der Waals surface area contributed by atoms with Gasteiger partial charge >= 0.3 is 5.97 Å². The van der Waals surface area contributed by atoms with E-state index in [0.717, 1.165) is 6.20 Å². The largest absolute Gasteiger partial charge is 0.463 e. The van der Waals surface area contributed by atoms with E-state index in [9.17, 15) is 9.18 Å². The molecule has 1 aromatic rings. The highest BCUT2D eigenvalue weighted by atomic mass is 19.1. The van der Waals surface area contributed by atoms with E-state index >= 15 is 0 Å². The molecule has 0 unspecified atom stereocenters. The molecule has 1 rings (SSSR count). The predicted molar refractivity (Wildman–Crippen MR) is 49.9 cm³/mol. The average molecular weight is 195 g/mol. The van der Waals surface area contributed by atoms with Crippen molar-refractivity contribution in [3.63, 3.8) is 0 Å². The number of carbonyl (C=O) groups is 1. The van der Waals surface area contributed by atoms with E-state index in [0.29, 0.717) is 12.2 Å². The second-order valence-corrected chi connectivity index (χ2v) is 2.52. The number of ether oxygens (including phenoxy) is 1. The Balaban J connectivity index is 2.64. The fraction of sp³-hybridized carbons (Fsp3) is 0.200. The molecule has 0 atom stereocenters. The minimum Gasteiger partial charge on any atom is -0.463 e. The van der Waals surface area contributed by atoms with Gasteiger partial charge in [-0.2, -0.15) is 0 Å². The molecule has 14 heavy (non-hydrogen) atoms. The molecule has 0 aliphatic carbocycles. The molecule has 0 spiro atoms. The summed E-state index contributed by atoms with van der Waals surface area (Å²) in [7, 11) is 0. The van der Waals surface area contributed by atoms with Gasteiger partial charge in [0.05, 0.1) is 12.8 Å². The molecule has 1 aromatic heterocycles. The monoisotopic (exact) mass is 195 g/mol. The molecule has 0 aliphatic heterocycles. The highest BCUT2D eigenvalue weighted by molar-refractivity contribution is 5.86. The third kappa shape index (κ3) is 3.35. The summed E-state index contributed by atoms with van der Waals surface area (Å²) < 4.78 is 17.3. The van der Waals surface area contributed by atoms with Gasteiger partial charge < -0.3 is 4.74 Å². The number of halogens is 1. The maximum Gasteiger partial charge on any atom is 0.330 e. The minimum atomic E-state index is -0.447. The van der Waals surface area contributed by atoms with E-state index in [1.54, 1.807) is 6.92 Å². The molecule has 0 aliphatic rings. The van der Waals surface area contributed by atoms with Crippen LogP contribution in [0.25, 0.3) is 6.08 Å². The van der Waals surface area contributed by atoms with Crippen LogP contribution in [0.1, 0.15) is 12.5 Å². The van der Waals surface area contributed by atoms with Crippen molar-refractivity contribution in [3.05, 3.63) is 35.9 Å². The van der Waals surface area contributed by atoms with Crippen LogP contribution < -0.4 is 0 Å².